The Kier molecular flexibility index (Phi) is 2.96. The summed E-state index contributed by atoms with van der Waals surface area (Å²) in [6.07, 6.45) is 0.231. The molecule has 1 N–H and O–H groups in total. The Balaban J connectivity index is 2.52. The van der Waals surface area contributed by atoms with Gasteiger partial charge in [0, 0.05) is 12.1 Å². The van der Waals surface area contributed by atoms with Gasteiger partial charge in [0.2, 0.25) is 5.91 Å². The van der Waals surface area contributed by atoms with Crippen LogP contribution in [0.5, 0.6) is 0 Å². The lowest BCUT2D eigenvalue weighted by Crippen LogP contribution is -2.62. The molecular weight excluding hydrogens is 166 g/mol. The van der Waals surface area contributed by atoms with E-state index in [0.29, 0.717) is 12.5 Å². The molecule has 1 aliphatic rings. The van der Waals surface area contributed by atoms with Gasteiger partial charge >= 0.3 is 0 Å². The first-order valence-corrected chi connectivity index (χ1v) is 4.95. The lowest BCUT2D eigenvalue weighted by atomic mass is 9.83. The Morgan fingerprint density at radius 3 is 2.31 bits per heavy atom. The molecule has 0 aromatic heterocycles. The van der Waals surface area contributed by atoms with Crippen molar-refractivity contribution >= 4 is 5.91 Å². The van der Waals surface area contributed by atoms with Gasteiger partial charge in [-0.3, -0.25) is 4.79 Å². The number of carbonyl (C=O) groups is 1. The number of aliphatic hydroxyl groups is 1. The molecule has 13 heavy (non-hydrogen) atoms. The standard InChI is InChI=1S/C10H19NO2/c1-6(2)11-8(4)9(10(11)13)5-7(3)12/h6-9,12H,5H2,1-4H3/t7?,8-,9-/m0/s1. The highest BCUT2D eigenvalue weighted by Crippen LogP contribution is 2.31. The largest absolute Gasteiger partial charge is 0.393 e. The number of likely N-dealkylation sites (tertiary alicyclic amines) is 1. The van der Waals surface area contributed by atoms with Gasteiger partial charge < -0.3 is 10.0 Å². The summed E-state index contributed by atoms with van der Waals surface area (Å²) in [7, 11) is 0. The first-order chi connectivity index (χ1) is 5.95. The number of rotatable bonds is 3. The summed E-state index contributed by atoms with van der Waals surface area (Å²) >= 11 is 0. The fraction of sp³-hybridized carbons (Fsp3) is 0.900. The molecule has 76 valence electrons. The SMILES string of the molecule is CC(O)C[C@@H]1C(=O)N(C(C)C)[C@H]1C. The van der Waals surface area contributed by atoms with Gasteiger partial charge in [-0.25, -0.2) is 0 Å². The lowest BCUT2D eigenvalue weighted by molar-refractivity contribution is -0.160. The maximum atomic E-state index is 11.6. The van der Waals surface area contributed by atoms with Crippen LogP contribution in [0.25, 0.3) is 0 Å². The summed E-state index contributed by atoms with van der Waals surface area (Å²) in [6, 6.07) is 0.579. The third-order valence-electron chi connectivity index (χ3n) is 2.74. The van der Waals surface area contributed by atoms with Gasteiger partial charge in [0.25, 0.3) is 0 Å². The van der Waals surface area contributed by atoms with Crippen molar-refractivity contribution in [3.63, 3.8) is 0 Å². The molecule has 1 aliphatic heterocycles. The third-order valence-corrected chi connectivity index (χ3v) is 2.74. The zero-order valence-electron chi connectivity index (χ0n) is 8.82. The minimum absolute atomic E-state index is 0.0439. The van der Waals surface area contributed by atoms with E-state index in [9.17, 15) is 9.90 Å². The predicted molar refractivity (Wildman–Crippen MR) is 51.2 cm³/mol. The second-order valence-electron chi connectivity index (χ2n) is 4.27. The van der Waals surface area contributed by atoms with Crippen LogP contribution in [0.3, 0.4) is 0 Å². The molecule has 3 heteroatoms. The molecule has 3 nitrogen and oxygen atoms in total. The molecule has 1 heterocycles. The van der Waals surface area contributed by atoms with E-state index < -0.39 is 0 Å². The fourth-order valence-electron chi connectivity index (χ4n) is 2.10. The number of carbonyl (C=O) groups excluding carboxylic acids is 1. The Labute approximate surface area is 79.7 Å². The summed E-state index contributed by atoms with van der Waals surface area (Å²) in [5, 5.41) is 9.18. The average Bonchev–Trinajstić information content (AvgIpc) is 2.00. The van der Waals surface area contributed by atoms with Crippen LogP contribution in [0.2, 0.25) is 0 Å². The summed E-state index contributed by atoms with van der Waals surface area (Å²) in [6.45, 7) is 7.83. The highest BCUT2D eigenvalue weighted by Gasteiger charge is 2.45. The second-order valence-corrected chi connectivity index (χ2v) is 4.27. The quantitative estimate of drug-likeness (QED) is 0.667. The van der Waals surface area contributed by atoms with Crippen molar-refractivity contribution in [3.05, 3.63) is 0 Å². The van der Waals surface area contributed by atoms with Crippen LogP contribution in [0.15, 0.2) is 0 Å². The Bertz CT molecular complexity index is 201. The van der Waals surface area contributed by atoms with Crippen LogP contribution in [-0.4, -0.2) is 34.1 Å². The van der Waals surface area contributed by atoms with Crippen molar-refractivity contribution in [2.45, 2.75) is 52.3 Å². The van der Waals surface area contributed by atoms with Gasteiger partial charge in [-0.15, -0.1) is 0 Å². The first kappa shape index (κ1) is 10.5. The van der Waals surface area contributed by atoms with Crippen LogP contribution < -0.4 is 0 Å². The molecule has 0 saturated carbocycles. The number of amides is 1. The van der Waals surface area contributed by atoms with Gasteiger partial charge in [-0.1, -0.05) is 0 Å². The zero-order chi connectivity index (χ0) is 10.2. The highest BCUT2D eigenvalue weighted by molar-refractivity contribution is 5.86. The van der Waals surface area contributed by atoms with Crippen LogP contribution in [0, 0.1) is 5.92 Å². The van der Waals surface area contributed by atoms with E-state index in [1.165, 1.54) is 0 Å². The van der Waals surface area contributed by atoms with Gasteiger partial charge in [-0.05, 0) is 34.1 Å². The Morgan fingerprint density at radius 2 is 2.00 bits per heavy atom. The third kappa shape index (κ3) is 1.85. The zero-order valence-corrected chi connectivity index (χ0v) is 8.82. The van der Waals surface area contributed by atoms with E-state index in [1.807, 2.05) is 18.7 Å². The average molecular weight is 185 g/mol. The van der Waals surface area contributed by atoms with Crippen LogP contribution >= 0.6 is 0 Å². The number of nitrogens with zero attached hydrogens (tertiary/aromatic N) is 1. The molecule has 1 fully saturated rings. The van der Waals surface area contributed by atoms with E-state index in [4.69, 9.17) is 0 Å². The van der Waals surface area contributed by atoms with Crippen molar-refractivity contribution < 1.29 is 9.90 Å². The van der Waals surface area contributed by atoms with Crippen molar-refractivity contribution in [2.24, 2.45) is 5.92 Å². The van der Waals surface area contributed by atoms with Crippen molar-refractivity contribution in [2.75, 3.05) is 0 Å². The van der Waals surface area contributed by atoms with Gasteiger partial charge in [-0.2, -0.15) is 0 Å². The van der Waals surface area contributed by atoms with Gasteiger partial charge in [0.15, 0.2) is 0 Å². The minimum Gasteiger partial charge on any atom is -0.393 e. The molecule has 1 amide bonds. The van der Waals surface area contributed by atoms with Crippen molar-refractivity contribution in [3.8, 4) is 0 Å². The molecular formula is C10H19NO2. The number of aliphatic hydroxyl groups excluding tert-OH is 1. The van der Waals surface area contributed by atoms with Crippen molar-refractivity contribution in [1.82, 2.24) is 4.90 Å². The minimum atomic E-state index is -0.370. The molecule has 0 radical (unpaired) electrons. The molecule has 1 rings (SSSR count). The summed E-state index contributed by atoms with van der Waals surface area (Å²) < 4.78 is 0. The van der Waals surface area contributed by atoms with E-state index in [-0.39, 0.29) is 24.0 Å². The molecule has 3 atom stereocenters. The number of hydrogen-bond acceptors (Lipinski definition) is 2. The molecule has 0 aliphatic carbocycles. The lowest BCUT2D eigenvalue weighted by Gasteiger charge is -2.48. The molecule has 0 aromatic carbocycles. The molecule has 1 unspecified atom stereocenters. The number of β-lactam (4-membered cyclic amide) rings is 1. The molecule has 1 saturated heterocycles. The van der Waals surface area contributed by atoms with Gasteiger partial charge in [0.05, 0.1) is 12.0 Å². The number of hydrogen-bond donors (Lipinski definition) is 1. The normalized spacial score (nSPS) is 30.6. The molecule has 0 spiro atoms. The maximum absolute atomic E-state index is 11.6. The highest BCUT2D eigenvalue weighted by atomic mass is 16.3. The Morgan fingerprint density at radius 1 is 1.46 bits per heavy atom. The smallest absolute Gasteiger partial charge is 0.228 e. The van der Waals surface area contributed by atoms with E-state index in [1.54, 1.807) is 6.92 Å². The summed E-state index contributed by atoms with van der Waals surface area (Å²) in [5.74, 6) is 0.241. The summed E-state index contributed by atoms with van der Waals surface area (Å²) in [4.78, 5) is 13.4. The van der Waals surface area contributed by atoms with Crippen molar-refractivity contribution in [1.29, 1.82) is 0 Å². The van der Waals surface area contributed by atoms with Gasteiger partial charge in [0.1, 0.15) is 0 Å². The molecule has 0 aromatic rings. The van der Waals surface area contributed by atoms with E-state index >= 15 is 0 Å². The summed E-state index contributed by atoms with van der Waals surface area (Å²) in [5.41, 5.74) is 0. The monoisotopic (exact) mass is 185 g/mol. The van der Waals surface area contributed by atoms with Crippen LogP contribution in [-0.2, 0) is 4.79 Å². The van der Waals surface area contributed by atoms with Crippen LogP contribution in [0.4, 0.5) is 0 Å². The topological polar surface area (TPSA) is 40.5 Å². The first-order valence-electron chi connectivity index (χ1n) is 4.95. The fourth-order valence-corrected chi connectivity index (χ4v) is 2.10. The second kappa shape index (κ2) is 3.66. The molecule has 0 bridgehead atoms. The van der Waals surface area contributed by atoms with Crippen LogP contribution in [0.1, 0.15) is 34.1 Å². The Hall–Kier alpha value is -0.570. The van der Waals surface area contributed by atoms with E-state index in [2.05, 4.69) is 6.92 Å². The predicted octanol–water partition coefficient (Wildman–Crippen LogP) is 1.01. The van der Waals surface area contributed by atoms with E-state index in [0.717, 1.165) is 0 Å². The maximum Gasteiger partial charge on any atom is 0.228 e.